The molecule has 2 nitrogen and oxygen atoms in total. The first-order valence-electron chi connectivity index (χ1n) is 21.4. The minimum absolute atomic E-state index is 0.402. The Morgan fingerprint density at radius 2 is 0.630 bits per heavy atom. The molecule has 0 aliphatic heterocycles. The second kappa shape index (κ2) is 18.7. The molecule has 0 radical (unpaired) electrons. The van der Waals surface area contributed by atoms with E-state index in [0.717, 1.165) is 0 Å². The summed E-state index contributed by atoms with van der Waals surface area (Å²) in [4.78, 5) is 0. The zero-order valence-corrected chi connectivity index (χ0v) is 41.9. The highest BCUT2D eigenvalue weighted by Gasteiger charge is 2.53. The lowest BCUT2D eigenvalue weighted by Crippen LogP contribution is -2.79. The fourth-order valence-corrected chi connectivity index (χ4v) is 31.9. The Hall–Kier alpha value is -1.69. The van der Waals surface area contributed by atoms with Gasteiger partial charge < -0.3 is 4.57 Å². The average molecular weight is 785 g/mol. The van der Waals surface area contributed by atoms with Crippen LogP contribution in [0.2, 0.25) is 0 Å². The van der Waals surface area contributed by atoms with Crippen molar-refractivity contribution in [2.24, 2.45) is 0 Å². The number of nitrogens with zero attached hydrogens (tertiary/aromatic N) is 2. The van der Waals surface area contributed by atoms with E-state index in [1.54, 1.807) is 48.9 Å². The molecule has 0 aliphatic rings. The molecular weight excluding hydrogens is 704 g/mol. The van der Waals surface area contributed by atoms with E-state index < -0.39 is 15.3 Å². The highest BCUT2D eigenvalue weighted by molar-refractivity contribution is 7.72. The van der Waals surface area contributed by atoms with Crippen LogP contribution in [0.15, 0.2) is 36.4 Å². The summed E-state index contributed by atoms with van der Waals surface area (Å²) >= 11 is 0. The largest absolute Gasteiger partial charge is 0.321 e. The maximum atomic E-state index is 2.88. The Morgan fingerprint density at radius 3 is 0.815 bits per heavy atom. The second-order valence-corrected chi connectivity index (χ2v) is 31.9. The summed E-state index contributed by atoms with van der Waals surface area (Å²) in [6.07, 6.45) is 0. The van der Waals surface area contributed by atoms with Gasteiger partial charge in [0.25, 0.3) is 0 Å². The van der Waals surface area contributed by atoms with E-state index in [0.29, 0.717) is 53.3 Å². The molecule has 0 atom stereocenters. The van der Waals surface area contributed by atoms with Gasteiger partial charge in [-0.05, 0) is 147 Å². The van der Waals surface area contributed by atoms with Crippen LogP contribution in [0.1, 0.15) is 228 Å². The summed E-state index contributed by atoms with van der Waals surface area (Å²) in [5.74, 6) is 3.90. The average Bonchev–Trinajstić information content (AvgIpc) is 3.06. The summed E-state index contributed by atoms with van der Waals surface area (Å²) in [6, 6.07) is 15.9. The minimum Gasteiger partial charge on any atom is -0.321 e. The van der Waals surface area contributed by atoms with E-state index in [-0.39, 0.29) is 0 Å². The quantitative estimate of drug-likeness (QED) is 0.112. The lowest BCUT2D eigenvalue weighted by molar-refractivity contribution is 0.645. The first kappa shape index (κ1) is 46.7. The summed E-state index contributed by atoms with van der Waals surface area (Å²) in [5.41, 5.74) is 14.0. The van der Waals surface area contributed by atoms with Crippen LogP contribution in [0, 0.1) is 0 Å². The Morgan fingerprint density at radius 1 is 0.389 bits per heavy atom. The molecule has 0 amide bonds. The Bertz CT molecular complexity index is 1610. The summed E-state index contributed by atoms with van der Waals surface area (Å²) < 4.78 is 5.43. The molecule has 54 heavy (non-hydrogen) atoms. The lowest BCUT2D eigenvalue weighted by atomic mass is 9.89. The van der Waals surface area contributed by atoms with Gasteiger partial charge in [-0.25, -0.2) is 0 Å². The predicted octanol–water partition coefficient (Wildman–Crippen LogP) is 12.8. The number of benzene rings is 3. The van der Waals surface area contributed by atoms with Crippen molar-refractivity contribution in [3.8, 4) is 0 Å². The third-order valence-electron chi connectivity index (χ3n) is 11.7. The van der Waals surface area contributed by atoms with E-state index in [2.05, 4.69) is 198 Å². The van der Waals surface area contributed by atoms with Crippen molar-refractivity contribution < 1.29 is 0 Å². The van der Waals surface area contributed by atoms with E-state index >= 15 is 0 Å². The molecule has 0 N–H and O–H groups in total. The van der Waals surface area contributed by atoms with Crippen LogP contribution < -0.4 is 15.6 Å². The molecule has 0 aromatic heterocycles. The highest BCUT2D eigenvalue weighted by atomic mass is 31.2. The third-order valence-corrected chi connectivity index (χ3v) is 29.9. The van der Waals surface area contributed by atoms with Crippen molar-refractivity contribution in [1.82, 2.24) is 9.24 Å². The van der Waals surface area contributed by atoms with Gasteiger partial charge >= 0.3 is 0 Å². The van der Waals surface area contributed by atoms with Crippen molar-refractivity contribution >= 4 is 38.7 Å². The molecule has 0 heterocycles. The van der Waals surface area contributed by atoms with Gasteiger partial charge in [0, 0.05) is 0 Å². The van der Waals surface area contributed by atoms with Gasteiger partial charge in [-0.1, -0.05) is 169 Å². The molecule has 0 spiro atoms. The van der Waals surface area contributed by atoms with Crippen molar-refractivity contribution in [1.29, 1.82) is 0 Å². The Labute approximate surface area is 339 Å². The van der Waals surface area contributed by atoms with Crippen molar-refractivity contribution in [2.45, 2.75) is 178 Å². The van der Waals surface area contributed by atoms with Crippen LogP contribution >= 0.6 is 7.87 Å². The molecule has 0 bridgehead atoms. The molecule has 3 rings (SSSR count). The minimum atomic E-state index is -2.92. The van der Waals surface area contributed by atoms with Crippen LogP contribution in [0.3, 0.4) is 0 Å². The van der Waals surface area contributed by atoms with Gasteiger partial charge in [0.15, 0.2) is 0 Å². The van der Waals surface area contributed by atoms with Crippen LogP contribution in [-0.2, 0) is 0 Å². The SMILES string of the molecule is CC(C)c1cc(C(C)C)c([Si](=PN(C)C)[Si](c2c(C(C)C)cc(C(C)C)cc2C(C)C)(c2c(C(C)C)cc(C(C)C)cc2C(C)C)N(C)C)c(C(C)C)c1. The first-order valence-corrected chi connectivity index (χ1v) is 27.5. The van der Waals surface area contributed by atoms with Crippen LogP contribution in [0.4, 0.5) is 0 Å². The topological polar surface area (TPSA) is 6.48 Å². The van der Waals surface area contributed by atoms with Crippen LogP contribution in [0.5, 0.6) is 0 Å². The molecule has 0 saturated heterocycles. The first-order chi connectivity index (χ1) is 24.9. The second-order valence-electron chi connectivity index (χ2n) is 19.5. The molecule has 5 heteroatoms. The van der Waals surface area contributed by atoms with Gasteiger partial charge in [0.1, 0.15) is 7.57 Å². The van der Waals surface area contributed by atoms with Gasteiger partial charge in [0.05, 0.1) is 0 Å². The Kier molecular flexibility index (Phi) is 16.2. The van der Waals surface area contributed by atoms with Crippen LogP contribution in [-0.4, -0.2) is 52.7 Å². The normalized spacial score (nSPS) is 13.5. The molecule has 3 aromatic rings. The van der Waals surface area contributed by atoms with E-state index in [1.807, 2.05) is 0 Å². The standard InChI is InChI=1S/C49H81N2PSi2/c1-29(2)38-23-41(32(7)8)47(42(24-38)33(9)10)53(52-50(19)20)54(51(21)22,48-43(34(11)12)25-39(30(3)4)26-44(48)35(13)14)49-45(36(15)16)27-40(31(5)6)28-46(49)37(17)18/h23-37H,1-22H3. The fourth-order valence-electron chi connectivity index (χ4n) is 8.50. The Balaban J connectivity index is 3.10. The molecule has 0 fully saturated rings. The van der Waals surface area contributed by atoms with Crippen molar-refractivity contribution in [3.63, 3.8) is 0 Å². The summed E-state index contributed by atoms with van der Waals surface area (Å²) in [7, 11) is 6.81. The van der Waals surface area contributed by atoms with Gasteiger partial charge in [-0.15, -0.1) is 0 Å². The van der Waals surface area contributed by atoms with Crippen molar-refractivity contribution in [3.05, 3.63) is 86.5 Å². The monoisotopic (exact) mass is 785 g/mol. The maximum absolute atomic E-state index is 2.92. The van der Waals surface area contributed by atoms with E-state index in [1.165, 1.54) is 24.6 Å². The fraction of sp³-hybridized carbons (Fsp3) is 0.633. The number of hydrogen-bond acceptors (Lipinski definition) is 2. The molecular formula is C49H81N2PSi2. The van der Waals surface area contributed by atoms with Gasteiger partial charge in [-0.2, -0.15) is 0 Å². The highest BCUT2D eigenvalue weighted by Crippen LogP contribution is 2.37. The smallest absolute Gasteiger partial charge is 0.210 e. The van der Waals surface area contributed by atoms with Crippen LogP contribution in [0.25, 0.3) is 0 Å². The molecule has 300 valence electrons. The molecule has 0 saturated carbocycles. The van der Waals surface area contributed by atoms with Gasteiger partial charge in [0.2, 0.25) is 7.75 Å². The molecule has 0 unspecified atom stereocenters. The zero-order valence-electron chi connectivity index (χ0n) is 39.0. The number of hydrogen-bond donors (Lipinski definition) is 0. The summed E-state index contributed by atoms with van der Waals surface area (Å²) in [6.45, 7) is 44.0. The molecule has 3 aromatic carbocycles. The maximum Gasteiger partial charge on any atom is 0.210 e. The summed E-state index contributed by atoms with van der Waals surface area (Å²) in [5, 5.41) is 5.17. The van der Waals surface area contributed by atoms with Crippen molar-refractivity contribution in [2.75, 3.05) is 28.2 Å². The third kappa shape index (κ3) is 9.36. The van der Waals surface area contributed by atoms with E-state index in [9.17, 15) is 0 Å². The zero-order chi connectivity index (χ0) is 41.3. The predicted molar refractivity (Wildman–Crippen MR) is 251 cm³/mol. The molecule has 0 aliphatic carbocycles. The number of rotatable bonds is 15. The van der Waals surface area contributed by atoms with Gasteiger partial charge in [-0.3, -0.25) is 4.67 Å². The lowest BCUT2D eigenvalue weighted by Gasteiger charge is -2.47. The van der Waals surface area contributed by atoms with E-state index in [4.69, 9.17) is 0 Å².